The average molecular weight is 902 g/mol. The SMILES string of the molecule is C1CCC(N(C2CCC3CCC4C5C(CCC2C35)CCC4N(C2CCCCC2)C2C3CCCCC3CC3CC4CCCCC4CC32)C2C3CCCCC3CC3CC4CCCCC4CC32)CC1. The van der Waals surface area contributed by atoms with Crippen LogP contribution in [0.3, 0.4) is 0 Å². The molecule has 0 N–H and O–H groups in total. The zero-order valence-electron chi connectivity index (χ0n) is 43.0. The van der Waals surface area contributed by atoms with E-state index in [9.17, 15) is 0 Å². The van der Waals surface area contributed by atoms with E-state index in [1.54, 1.807) is 244 Å². The maximum atomic E-state index is 3.68. The first kappa shape index (κ1) is 44.6. The van der Waals surface area contributed by atoms with E-state index in [-0.39, 0.29) is 0 Å². The first-order valence-electron chi connectivity index (χ1n) is 32.3. The van der Waals surface area contributed by atoms with E-state index in [4.69, 9.17) is 0 Å². The summed E-state index contributed by atoms with van der Waals surface area (Å²) in [6, 6.07) is 5.65. The molecule has 0 aromatic heterocycles. The van der Waals surface area contributed by atoms with Crippen LogP contribution in [0.1, 0.15) is 257 Å². The van der Waals surface area contributed by atoms with Crippen molar-refractivity contribution in [3.63, 3.8) is 0 Å². The molecule has 0 saturated heterocycles. The Bertz CT molecular complexity index is 1500. The standard InChI is InChI=1S/C64H104N2/c1-3-21-51(22-4-1)65(63-53-25-13-11-19-47(53)37-49-35-43-15-7-9-17-45(43)39-57(49)63)59-33-29-41-28-32-56-60(34-30-42-27-31-55(59)61(41)62(42)56)66(52-23-5-2-6-24-52)64-54-26-14-12-20-48(54)38-50-36-44-16-8-10-18-46(44)40-58(50)64/h41-64H,1-40H2. The summed E-state index contributed by atoms with van der Waals surface area (Å²) < 4.78 is 0. The van der Waals surface area contributed by atoms with Crippen LogP contribution in [0.5, 0.6) is 0 Å². The fourth-order valence-electron chi connectivity index (χ4n) is 24.9. The van der Waals surface area contributed by atoms with E-state index in [0.29, 0.717) is 0 Å². The molecule has 14 aliphatic carbocycles. The molecular formula is C64H104N2. The number of rotatable bonds is 6. The fraction of sp³-hybridized carbons (Fsp3) is 1.00. The Morgan fingerprint density at radius 1 is 0.197 bits per heavy atom. The van der Waals surface area contributed by atoms with Gasteiger partial charge in [-0.1, -0.05) is 128 Å². The smallest absolute Gasteiger partial charge is 0.0163 e. The van der Waals surface area contributed by atoms with Crippen LogP contribution in [0.2, 0.25) is 0 Å². The predicted octanol–water partition coefficient (Wildman–Crippen LogP) is 16.7. The van der Waals surface area contributed by atoms with Crippen LogP contribution in [0.25, 0.3) is 0 Å². The quantitative estimate of drug-likeness (QED) is 0.262. The van der Waals surface area contributed by atoms with Gasteiger partial charge < -0.3 is 0 Å². The summed E-state index contributed by atoms with van der Waals surface area (Å²) in [6.07, 6.45) is 63.7. The van der Waals surface area contributed by atoms with E-state index in [1.807, 2.05) is 0 Å². The summed E-state index contributed by atoms with van der Waals surface area (Å²) >= 11 is 0. The van der Waals surface area contributed by atoms with E-state index in [1.165, 1.54) is 12.8 Å². The molecule has 0 heterocycles. The minimum Gasteiger partial charge on any atom is -0.294 e. The maximum absolute atomic E-state index is 3.68. The second-order valence-electron chi connectivity index (χ2n) is 29.2. The molecule has 14 fully saturated rings. The molecule has 0 spiro atoms. The average Bonchev–Trinajstić information content (AvgIpc) is 3.37. The third-order valence-corrected chi connectivity index (χ3v) is 27.0. The Hall–Kier alpha value is -0.0800. The minimum atomic E-state index is 0.927. The van der Waals surface area contributed by atoms with Gasteiger partial charge in [0.1, 0.15) is 0 Å². The lowest BCUT2D eigenvalue weighted by molar-refractivity contribution is -0.176. The number of hydrogen-bond donors (Lipinski definition) is 0. The van der Waals surface area contributed by atoms with E-state index in [0.717, 1.165) is 143 Å². The molecule has 0 aromatic carbocycles. The monoisotopic (exact) mass is 901 g/mol. The van der Waals surface area contributed by atoms with Gasteiger partial charge in [-0.05, 0) is 235 Å². The number of fused-ring (bicyclic) bond motifs is 6. The molecule has 370 valence electrons. The molecule has 22 unspecified atom stereocenters. The molecule has 2 nitrogen and oxygen atoms in total. The van der Waals surface area contributed by atoms with Crippen LogP contribution in [0.15, 0.2) is 0 Å². The van der Waals surface area contributed by atoms with Crippen LogP contribution < -0.4 is 0 Å². The van der Waals surface area contributed by atoms with Crippen molar-refractivity contribution in [2.24, 2.45) is 107 Å². The zero-order valence-corrected chi connectivity index (χ0v) is 43.0. The highest BCUT2D eigenvalue weighted by atomic mass is 15.3. The van der Waals surface area contributed by atoms with Crippen molar-refractivity contribution in [2.45, 2.75) is 293 Å². The minimum absolute atomic E-state index is 0.927. The van der Waals surface area contributed by atoms with Crippen molar-refractivity contribution < 1.29 is 0 Å². The second kappa shape index (κ2) is 19.1. The summed E-state index contributed by atoms with van der Waals surface area (Å²) in [5.74, 6) is 19.3. The Kier molecular flexibility index (Phi) is 12.9. The van der Waals surface area contributed by atoms with Crippen LogP contribution in [-0.2, 0) is 0 Å². The van der Waals surface area contributed by atoms with Gasteiger partial charge in [-0.15, -0.1) is 0 Å². The molecule has 0 radical (unpaired) electrons. The molecule has 22 atom stereocenters. The third-order valence-electron chi connectivity index (χ3n) is 27.0. The van der Waals surface area contributed by atoms with Gasteiger partial charge in [0.15, 0.2) is 0 Å². The lowest BCUT2D eigenvalue weighted by Crippen LogP contribution is -2.68. The third kappa shape index (κ3) is 7.82. The van der Waals surface area contributed by atoms with Gasteiger partial charge >= 0.3 is 0 Å². The van der Waals surface area contributed by atoms with Gasteiger partial charge in [0.2, 0.25) is 0 Å². The highest BCUT2D eigenvalue weighted by molar-refractivity contribution is 5.14. The maximum Gasteiger partial charge on any atom is 0.0163 e. The lowest BCUT2D eigenvalue weighted by Gasteiger charge is -2.67. The molecule has 0 amide bonds. The van der Waals surface area contributed by atoms with Gasteiger partial charge in [0.05, 0.1) is 0 Å². The summed E-state index contributed by atoms with van der Waals surface area (Å²) in [4.78, 5) is 7.35. The van der Waals surface area contributed by atoms with Crippen LogP contribution in [-0.4, -0.2) is 46.1 Å². The van der Waals surface area contributed by atoms with E-state index in [2.05, 4.69) is 9.80 Å². The number of hydrogen-bond acceptors (Lipinski definition) is 2. The second-order valence-corrected chi connectivity index (χ2v) is 29.2. The van der Waals surface area contributed by atoms with Crippen LogP contribution in [0.4, 0.5) is 0 Å². The van der Waals surface area contributed by atoms with Crippen LogP contribution in [0, 0.1) is 107 Å². The highest BCUT2D eigenvalue weighted by Crippen LogP contribution is 2.65. The molecule has 2 heteroatoms. The van der Waals surface area contributed by atoms with Crippen molar-refractivity contribution in [1.82, 2.24) is 9.80 Å². The van der Waals surface area contributed by atoms with Gasteiger partial charge in [-0.25, -0.2) is 0 Å². The molecule has 0 aliphatic heterocycles. The Morgan fingerprint density at radius 2 is 0.530 bits per heavy atom. The first-order valence-corrected chi connectivity index (χ1v) is 32.3. The van der Waals surface area contributed by atoms with Crippen molar-refractivity contribution in [3.8, 4) is 0 Å². The summed E-state index contributed by atoms with van der Waals surface area (Å²) in [7, 11) is 0. The highest BCUT2D eigenvalue weighted by Gasteiger charge is 2.62. The fourth-order valence-corrected chi connectivity index (χ4v) is 24.9. The van der Waals surface area contributed by atoms with Crippen molar-refractivity contribution in [3.05, 3.63) is 0 Å². The zero-order chi connectivity index (χ0) is 43.3. The van der Waals surface area contributed by atoms with E-state index >= 15 is 0 Å². The van der Waals surface area contributed by atoms with Crippen molar-refractivity contribution in [2.75, 3.05) is 0 Å². The molecule has 14 aliphatic rings. The van der Waals surface area contributed by atoms with Gasteiger partial charge in [0, 0.05) is 36.3 Å². The van der Waals surface area contributed by atoms with Crippen molar-refractivity contribution in [1.29, 1.82) is 0 Å². The predicted molar refractivity (Wildman–Crippen MR) is 274 cm³/mol. The molecule has 14 rings (SSSR count). The molecular weight excluding hydrogens is 797 g/mol. The largest absolute Gasteiger partial charge is 0.294 e. The Balaban J connectivity index is 0.811. The van der Waals surface area contributed by atoms with Gasteiger partial charge in [0.25, 0.3) is 0 Å². The summed E-state index contributed by atoms with van der Waals surface area (Å²) in [5.41, 5.74) is 0. The topological polar surface area (TPSA) is 6.48 Å². The van der Waals surface area contributed by atoms with E-state index < -0.39 is 0 Å². The Labute approximate surface area is 407 Å². The van der Waals surface area contributed by atoms with Gasteiger partial charge in [-0.3, -0.25) is 9.80 Å². The molecule has 66 heavy (non-hydrogen) atoms. The Morgan fingerprint density at radius 3 is 0.955 bits per heavy atom. The first-order chi connectivity index (χ1) is 32.7. The molecule has 0 aromatic rings. The van der Waals surface area contributed by atoms with Crippen LogP contribution >= 0.6 is 0 Å². The molecule has 0 bridgehead atoms. The lowest BCUT2D eigenvalue weighted by atomic mass is 9.45. The molecule has 14 saturated carbocycles. The summed E-state index contributed by atoms with van der Waals surface area (Å²) in [6.45, 7) is 0. The summed E-state index contributed by atoms with van der Waals surface area (Å²) in [5, 5.41) is 0. The number of nitrogens with zero attached hydrogens (tertiary/aromatic N) is 2. The van der Waals surface area contributed by atoms with Gasteiger partial charge in [-0.2, -0.15) is 0 Å². The van der Waals surface area contributed by atoms with Crippen molar-refractivity contribution >= 4 is 0 Å². The normalized spacial score (nSPS) is 53.0.